The molecule has 0 unspecified atom stereocenters. The molecule has 1 rings (SSSR count). The predicted molar refractivity (Wildman–Crippen MR) is 90.3 cm³/mol. The van der Waals surface area contributed by atoms with Gasteiger partial charge in [0.05, 0.1) is 0 Å². The Kier molecular flexibility index (Phi) is 6.21. The highest BCUT2D eigenvalue weighted by molar-refractivity contribution is 5.99. The summed E-state index contributed by atoms with van der Waals surface area (Å²) in [5.41, 5.74) is 4.30. The van der Waals surface area contributed by atoms with Crippen LogP contribution in [0.3, 0.4) is 0 Å². The molecule has 120 valence electrons. The number of hydrogen-bond donors (Lipinski definition) is 1. The number of carbonyl (C=O) groups excluding carboxylic acids is 1. The van der Waals surface area contributed by atoms with E-state index < -0.39 is 0 Å². The maximum atomic E-state index is 12.5. The Morgan fingerprint density at radius 3 is 2.14 bits per heavy atom. The van der Waals surface area contributed by atoms with Crippen LogP contribution in [-0.2, 0) is 5.41 Å². The van der Waals surface area contributed by atoms with E-state index in [2.05, 4.69) is 51.4 Å². The first-order chi connectivity index (χ1) is 9.72. The van der Waals surface area contributed by atoms with Crippen LogP contribution in [0.1, 0.15) is 74.8 Å². The highest BCUT2D eigenvalue weighted by atomic mass is 16.1. The number of aromatic amines is 1. The Bertz CT molecular complexity index is 476. The third-order valence-electron chi connectivity index (χ3n) is 4.24. The van der Waals surface area contributed by atoms with E-state index in [1.165, 1.54) is 5.69 Å². The zero-order valence-corrected chi connectivity index (χ0v) is 14.9. The van der Waals surface area contributed by atoms with Crippen LogP contribution in [0.5, 0.6) is 0 Å². The van der Waals surface area contributed by atoms with Crippen molar-refractivity contribution < 1.29 is 4.79 Å². The lowest BCUT2D eigenvalue weighted by atomic mass is 9.88. The minimum absolute atomic E-state index is 0.0502. The first-order valence-corrected chi connectivity index (χ1v) is 8.17. The van der Waals surface area contributed by atoms with Crippen molar-refractivity contribution in [2.75, 3.05) is 19.6 Å². The SMILES string of the molecule is CCN(CC)CCCC(=O)c1c(C)[nH]c(C(C)(C)C)c1C. The quantitative estimate of drug-likeness (QED) is 0.763. The molecule has 3 heteroatoms. The molecule has 0 aromatic carbocycles. The normalized spacial score (nSPS) is 12.2. The summed E-state index contributed by atoms with van der Waals surface area (Å²) in [6, 6.07) is 0. The number of carbonyl (C=O) groups is 1. The molecule has 0 saturated carbocycles. The molecule has 1 heterocycles. The zero-order chi connectivity index (χ0) is 16.2. The molecule has 21 heavy (non-hydrogen) atoms. The average molecular weight is 292 g/mol. The summed E-state index contributed by atoms with van der Waals surface area (Å²) in [4.78, 5) is 18.3. The second-order valence-electron chi connectivity index (χ2n) is 6.93. The van der Waals surface area contributed by atoms with Gasteiger partial charge in [0.15, 0.2) is 5.78 Å². The molecule has 0 aliphatic rings. The molecule has 0 atom stereocenters. The van der Waals surface area contributed by atoms with Crippen LogP contribution in [-0.4, -0.2) is 35.3 Å². The summed E-state index contributed by atoms with van der Waals surface area (Å²) in [5.74, 6) is 0.281. The number of Topliss-reactive ketones (excluding diaryl/α,β-unsaturated/α-hetero) is 1. The van der Waals surface area contributed by atoms with Crippen LogP contribution in [0.2, 0.25) is 0 Å². The molecule has 0 fully saturated rings. The van der Waals surface area contributed by atoms with Gasteiger partial charge in [0.1, 0.15) is 0 Å². The summed E-state index contributed by atoms with van der Waals surface area (Å²) in [6.45, 7) is 18.1. The van der Waals surface area contributed by atoms with Crippen molar-refractivity contribution in [1.29, 1.82) is 0 Å². The van der Waals surface area contributed by atoms with Gasteiger partial charge < -0.3 is 9.88 Å². The van der Waals surface area contributed by atoms with E-state index in [1.54, 1.807) is 0 Å². The van der Waals surface area contributed by atoms with Crippen LogP contribution in [0, 0.1) is 13.8 Å². The fourth-order valence-electron chi connectivity index (χ4n) is 3.05. The topological polar surface area (TPSA) is 36.1 Å². The Hall–Kier alpha value is -1.09. The highest BCUT2D eigenvalue weighted by Crippen LogP contribution is 2.29. The van der Waals surface area contributed by atoms with Gasteiger partial charge in [-0.2, -0.15) is 0 Å². The lowest BCUT2D eigenvalue weighted by molar-refractivity contribution is 0.0974. The van der Waals surface area contributed by atoms with Gasteiger partial charge in [-0.3, -0.25) is 4.79 Å². The zero-order valence-electron chi connectivity index (χ0n) is 14.9. The van der Waals surface area contributed by atoms with Crippen LogP contribution >= 0.6 is 0 Å². The Labute approximate surface area is 130 Å². The van der Waals surface area contributed by atoms with Crippen molar-refractivity contribution in [3.8, 4) is 0 Å². The van der Waals surface area contributed by atoms with E-state index in [9.17, 15) is 4.79 Å². The van der Waals surface area contributed by atoms with E-state index in [1.807, 2.05) is 6.92 Å². The number of ketones is 1. The molecule has 1 aromatic rings. The summed E-state index contributed by atoms with van der Waals surface area (Å²) in [6.07, 6.45) is 1.58. The van der Waals surface area contributed by atoms with Gasteiger partial charge >= 0.3 is 0 Å². The number of H-pyrrole nitrogens is 1. The van der Waals surface area contributed by atoms with Crippen molar-refractivity contribution in [1.82, 2.24) is 9.88 Å². The minimum Gasteiger partial charge on any atom is -0.361 e. The molecule has 0 amide bonds. The van der Waals surface area contributed by atoms with Gasteiger partial charge in [-0.15, -0.1) is 0 Å². The van der Waals surface area contributed by atoms with Gasteiger partial charge in [0, 0.05) is 28.8 Å². The number of nitrogens with one attached hydrogen (secondary N) is 1. The van der Waals surface area contributed by atoms with Crippen molar-refractivity contribution >= 4 is 5.78 Å². The summed E-state index contributed by atoms with van der Waals surface area (Å²) < 4.78 is 0. The van der Waals surface area contributed by atoms with E-state index >= 15 is 0 Å². The van der Waals surface area contributed by atoms with Crippen LogP contribution in [0.25, 0.3) is 0 Å². The van der Waals surface area contributed by atoms with Crippen molar-refractivity contribution in [3.63, 3.8) is 0 Å². The molecule has 0 aliphatic heterocycles. The molecule has 1 N–H and O–H groups in total. The summed E-state index contributed by atoms with van der Waals surface area (Å²) in [7, 11) is 0. The monoisotopic (exact) mass is 292 g/mol. The van der Waals surface area contributed by atoms with E-state index in [0.717, 1.165) is 42.9 Å². The van der Waals surface area contributed by atoms with Gasteiger partial charge in [0.25, 0.3) is 0 Å². The summed E-state index contributed by atoms with van der Waals surface area (Å²) >= 11 is 0. The number of aromatic nitrogens is 1. The minimum atomic E-state index is 0.0502. The van der Waals surface area contributed by atoms with Crippen molar-refractivity contribution in [2.45, 2.75) is 66.7 Å². The predicted octanol–water partition coefficient (Wildman–Crippen LogP) is 4.23. The first kappa shape index (κ1) is 18.0. The maximum Gasteiger partial charge on any atom is 0.164 e. The molecule has 0 saturated heterocycles. The highest BCUT2D eigenvalue weighted by Gasteiger charge is 2.24. The first-order valence-electron chi connectivity index (χ1n) is 8.17. The smallest absolute Gasteiger partial charge is 0.164 e. The van der Waals surface area contributed by atoms with Crippen LogP contribution in [0.15, 0.2) is 0 Å². The molecule has 3 nitrogen and oxygen atoms in total. The fraction of sp³-hybridized carbons (Fsp3) is 0.722. The van der Waals surface area contributed by atoms with E-state index in [0.29, 0.717) is 6.42 Å². The fourth-order valence-corrected chi connectivity index (χ4v) is 3.05. The van der Waals surface area contributed by atoms with E-state index in [4.69, 9.17) is 0 Å². The molecule has 0 spiro atoms. The number of aryl methyl sites for hydroxylation is 1. The third-order valence-corrected chi connectivity index (χ3v) is 4.24. The van der Waals surface area contributed by atoms with Crippen molar-refractivity contribution in [2.24, 2.45) is 0 Å². The Balaban J connectivity index is 2.78. The second kappa shape index (κ2) is 7.26. The average Bonchev–Trinajstić information content (AvgIpc) is 2.70. The van der Waals surface area contributed by atoms with Gasteiger partial charge in [0.2, 0.25) is 0 Å². The maximum absolute atomic E-state index is 12.5. The Morgan fingerprint density at radius 1 is 1.14 bits per heavy atom. The van der Waals surface area contributed by atoms with Gasteiger partial charge in [-0.05, 0) is 45.5 Å². The lowest BCUT2D eigenvalue weighted by Gasteiger charge is -2.18. The third kappa shape index (κ3) is 4.44. The van der Waals surface area contributed by atoms with E-state index in [-0.39, 0.29) is 11.2 Å². The van der Waals surface area contributed by atoms with Gasteiger partial charge in [-0.25, -0.2) is 0 Å². The second-order valence-corrected chi connectivity index (χ2v) is 6.93. The standard InChI is InChI=1S/C18H32N2O/c1-8-20(9-2)12-10-11-15(21)16-13(3)17(18(5,6)7)19-14(16)4/h19H,8-12H2,1-7H3. The molecule has 1 aromatic heterocycles. The number of rotatable bonds is 7. The van der Waals surface area contributed by atoms with Gasteiger partial charge in [-0.1, -0.05) is 34.6 Å². The van der Waals surface area contributed by atoms with Crippen molar-refractivity contribution in [3.05, 3.63) is 22.5 Å². The molecular weight excluding hydrogens is 260 g/mol. The molecule has 0 radical (unpaired) electrons. The summed E-state index contributed by atoms with van der Waals surface area (Å²) in [5, 5.41) is 0. The lowest BCUT2D eigenvalue weighted by Crippen LogP contribution is -2.24. The largest absolute Gasteiger partial charge is 0.361 e. The number of nitrogens with zero attached hydrogens (tertiary/aromatic N) is 1. The molecule has 0 bridgehead atoms. The number of hydrogen-bond acceptors (Lipinski definition) is 2. The van der Waals surface area contributed by atoms with Crippen LogP contribution in [0.4, 0.5) is 0 Å². The molecule has 0 aliphatic carbocycles. The van der Waals surface area contributed by atoms with Crippen LogP contribution < -0.4 is 0 Å². The molecular formula is C18H32N2O. The Morgan fingerprint density at radius 2 is 1.71 bits per heavy atom.